The Morgan fingerprint density at radius 2 is 1.90 bits per heavy atom. The van der Waals surface area contributed by atoms with E-state index in [1.54, 1.807) is 42.6 Å². The van der Waals surface area contributed by atoms with E-state index < -0.39 is 0 Å². The molecule has 0 aliphatic carbocycles. The van der Waals surface area contributed by atoms with E-state index in [-0.39, 0.29) is 11.9 Å². The number of benzene rings is 1. The third kappa shape index (κ3) is 4.14. The highest BCUT2D eigenvalue weighted by atomic mass is 16.5. The molecule has 1 N–H and O–H groups in total. The van der Waals surface area contributed by atoms with E-state index >= 15 is 0 Å². The molecule has 0 unspecified atom stereocenters. The van der Waals surface area contributed by atoms with Gasteiger partial charge >= 0.3 is 5.97 Å². The van der Waals surface area contributed by atoms with Gasteiger partial charge in [-0.1, -0.05) is 6.92 Å². The van der Waals surface area contributed by atoms with Gasteiger partial charge in [0.15, 0.2) is 0 Å². The largest absolute Gasteiger partial charge is 0.462 e. The highest BCUT2D eigenvalue weighted by Crippen LogP contribution is 2.12. The molecule has 5 heteroatoms. The summed E-state index contributed by atoms with van der Waals surface area (Å²) in [6, 6.07) is 9.95. The molecule has 0 fully saturated rings. The van der Waals surface area contributed by atoms with Crippen molar-refractivity contribution in [3.63, 3.8) is 0 Å². The first-order valence-electron chi connectivity index (χ1n) is 6.69. The fraction of sp³-hybridized carbons (Fsp3) is 0.188. The molecule has 0 saturated carbocycles. The van der Waals surface area contributed by atoms with Crippen molar-refractivity contribution in [1.29, 1.82) is 0 Å². The molecule has 0 saturated heterocycles. The van der Waals surface area contributed by atoms with Crippen LogP contribution >= 0.6 is 0 Å². The molecule has 0 aliphatic heterocycles. The fourth-order valence-corrected chi connectivity index (χ4v) is 1.67. The van der Waals surface area contributed by atoms with Crippen LogP contribution in [0.5, 0.6) is 0 Å². The lowest BCUT2D eigenvalue weighted by molar-refractivity contribution is 0.0505. The molecule has 2 aromatic rings. The van der Waals surface area contributed by atoms with E-state index in [1.165, 1.54) is 6.20 Å². The number of ether oxygens (including phenoxy) is 1. The first-order valence-corrected chi connectivity index (χ1v) is 6.69. The Labute approximate surface area is 123 Å². The molecule has 1 amide bonds. The average Bonchev–Trinajstić information content (AvgIpc) is 2.54. The van der Waals surface area contributed by atoms with Crippen LogP contribution in [0, 0.1) is 0 Å². The number of nitrogens with one attached hydrogen (secondary N) is 1. The van der Waals surface area contributed by atoms with Gasteiger partial charge in [0.2, 0.25) is 0 Å². The van der Waals surface area contributed by atoms with Gasteiger partial charge in [-0.25, -0.2) is 4.79 Å². The molecular weight excluding hydrogens is 268 g/mol. The standard InChI is InChI=1S/C16H16N2O3/c1-2-10-21-16(20)12-5-7-14(8-6-12)18-15(19)13-4-3-9-17-11-13/h3-9,11H,2,10H2,1H3,(H,18,19). The van der Waals surface area contributed by atoms with Gasteiger partial charge in [-0.05, 0) is 42.8 Å². The first-order chi connectivity index (χ1) is 10.2. The maximum absolute atomic E-state index is 11.9. The SMILES string of the molecule is CCCOC(=O)c1ccc(NC(=O)c2cccnc2)cc1. The number of carbonyl (C=O) groups is 2. The van der Waals surface area contributed by atoms with Crippen LogP contribution in [0.25, 0.3) is 0 Å². The van der Waals surface area contributed by atoms with E-state index in [0.717, 1.165) is 6.42 Å². The summed E-state index contributed by atoms with van der Waals surface area (Å²) in [5.41, 5.74) is 1.54. The van der Waals surface area contributed by atoms with Crippen molar-refractivity contribution < 1.29 is 14.3 Å². The molecule has 2 rings (SSSR count). The fourth-order valence-electron chi connectivity index (χ4n) is 1.67. The zero-order valence-electron chi connectivity index (χ0n) is 11.7. The highest BCUT2D eigenvalue weighted by Gasteiger charge is 2.08. The van der Waals surface area contributed by atoms with Crippen molar-refractivity contribution in [3.8, 4) is 0 Å². The Morgan fingerprint density at radius 3 is 2.52 bits per heavy atom. The van der Waals surface area contributed by atoms with Gasteiger partial charge in [0, 0.05) is 18.1 Å². The quantitative estimate of drug-likeness (QED) is 0.857. The summed E-state index contributed by atoms with van der Waals surface area (Å²) < 4.78 is 5.03. The van der Waals surface area contributed by atoms with Gasteiger partial charge in [0.25, 0.3) is 5.91 Å². The molecule has 21 heavy (non-hydrogen) atoms. The van der Waals surface area contributed by atoms with Crippen molar-refractivity contribution in [2.24, 2.45) is 0 Å². The van der Waals surface area contributed by atoms with Crippen LogP contribution in [0.4, 0.5) is 5.69 Å². The predicted molar refractivity (Wildman–Crippen MR) is 79.2 cm³/mol. The number of anilines is 1. The minimum atomic E-state index is -0.359. The summed E-state index contributed by atoms with van der Waals surface area (Å²) in [5, 5.41) is 2.74. The van der Waals surface area contributed by atoms with Crippen LogP contribution < -0.4 is 5.32 Å². The first kappa shape index (κ1) is 14.7. The smallest absolute Gasteiger partial charge is 0.338 e. The van der Waals surface area contributed by atoms with E-state index in [4.69, 9.17) is 4.74 Å². The minimum absolute atomic E-state index is 0.246. The van der Waals surface area contributed by atoms with Crippen LogP contribution in [-0.4, -0.2) is 23.5 Å². The Balaban J connectivity index is 1.99. The molecule has 0 radical (unpaired) electrons. The number of pyridine rings is 1. The number of aromatic nitrogens is 1. The van der Waals surface area contributed by atoms with Gasteiger partial charge in [-0.2, -0.15) is 0 Å². The summed E-state index contributed by atoms with van der Waals surface area (Å²) in [7, 11) is 0. The number of carbonyl (C=O) groups excluding carboxylic acids is 2. The van der Waals surface area contributed by atoms with Crippen LogP contribution in [-0.2, 0) is 4.74 Å². The van der Waals surface area contributed by atoms with Crippen LogP contribution in [0.15, 0.2) is 48.8 Å². The molecule has 5 nitrogen and oxygen atoms in total. The van der Waals surface area contributed by atoms with E-state index in [1.807, 2.05) is 6.92 Å². The Bertz CT molecular complexity index is 609. The summed E-state index contributed by atoms with van der Waals surface area (Å²) in [6.07, 6.45) is 3.88. The molecular formula is C16H16N2O3. The minimum Gasteiger partial charge on any atom is -0.462 e. The summed E-state index contributed by atoms with van der Waals surface area (Å²) in [4.78, 5) is 27.5. The van der Waals surface area contributed by atoms with Crippen molar-refractivity contribution in [2.45, 2.75) is 13.3 Å². The van der Waals surface area contributed by atoms with E-state index in [2.05, 4.69) is 10.3 Å². The number of rotatable bonds is 5. The van der Waals surface area contributed by atoms with Gasteiger partial charge in [-0.15, -0.1) is 0 Å². The van der Waals surface area contributed by atoms with Crippen LogP contribution in [0.2, 0.25) is 0 Å². The molecule has 108 valence electrons. The molecule has 0 aliphatic rings. The topological polar surface area (TPSA) is 68.3 Å². The lowest BCUT2D eigenvalue weighted by atomic mass is 10.2. The van der Waals surface area contributed by atoms with Crippen LogP contribution in [0.3, 0.4) is 0 Å². The average molecular weight is 284 g/mol. The van der Waals surface area contributed by atoms with Crippen LogP contribution in [0.1, 0.15) is 34.1 Å². The lowest BCUT2D eigenvalue weighted by Gasteiger charge is -2.06. The maximum atomic E-state index is 11.9. The molecule has 1 heterocycles. The summed E-state index contributed by atoms with van der Waals surface area (Å²) in [6.45, 7) is 2.34. The third-order valence-corrected chi connectivity index (χ3v) is 2.74. The van der Waals surface area contributed by atoms with E-state index in [9.17, 15) is 9.59 Å². The number of amides is 1. The van der Waals surface area contributed by atoms with Crippen molar-refractivity contribution >= 4 is 17.6 Å². The molecule has 0 bridgehead atoms. The highest BCUT2D eigenvalue weighted by molar-refractivity contribution is 6.04. The van der Waals surface area contributed by atoms with Crippen molar-refractivity contribution in [1.82, 2.24) is 4.98 Å². The summed E-state index contributed by atoms with van der Waals surface area (Å²) in [5.74, 6) is -0.605. The van der Waals surface area contributed by atoms with Crippen molar-refractivity contribution in [3.05, 3.63) is 59.9 Å². The molecule has 1 aromatic carbocycles. The Hall–Kier alpha value is -2.69. The predicted octanol–water partition coefficient (Wildman–Crippen LogP) is 2.90. The summed E-state index contributed by atoms with van der Waals surface area (Å²) >= 11 is 0. The zero-order chi connectivity index (χ0) is 15.1. The van der Waals surface area contributed by atoms with Gasteiger partial charge in [-0.3, -0.25) is 9.78 Å². The second-order valence-electron chi connectivity index (χ2n) is 4.41. The third-order valence-electron chi connectivity index (χ3n) is 2.74. The van der Waals surface area contributed by atoms with Gasteiger partial charge < -0.3 is 10.1 Å². The molecule has 0 spiro atoms. The number of esters is 1. The Kier molecular flexibility index (Phi) is 5.04. The van der Waals surface area contributed by atoms with Gasteiger partial charge in [0.05, 0.1) is 17.7 Å². The number of hydrogen-bond donors (Lipinski definition) is 1. The number of nitrogens with zero attached hydrogens (tertiary/aromatic N) is 1. The monoisotopic (exact) mass is 284 g/mol. The number of hydrogen-bond acceptors (Lipinski definition) is 4. The van der Waals surface area contributed by atoms with Gasteiger partial charge in [0.1, 0.15) is 0 Å². The molecule has 1 aromatic heterocycles. The lowest BCUT2D eigenvalue weighted by Crippen LogP contribution is -2.12. The van der Waals surface area contributed by atoms with E-state index in [0.29, 0.717) is 23.4 Å². The maximum Gasteiger partial charge on any atom is 0.338 e. The Morgan fingerprint density at radius 1 is 1.14 bits per heavy atom. The zero-order valence-corrected chi connectivity index (χ0v) is 11.7. The second kappa shape index (κ2) is 7.19. The second-order valence-corrected chi connectivity index (χ2v) is 4.41. The molecule has 0 atom stereocenters. The van der Waals surface area contributed by atoms with Crippen molar-refractivity contribution in [2.75, 3.05) is 11.9 Å². The normalized spacial score (nSPS) is 9.95.